The Hall–Kier alpha value is -0.880. The Kier molecular flexibility index (Phi) is 2.79. The summed E-state index contributed by atoms with van der Waals surface area (Å²) >= 11 is 8.86. The number of nitrogens with one attached hydrogen (secondary N) is 1. The van der Waals surface area contributed by atoms with Gasteiger partial charge in [0.25, 0.3) is 0 Å². The average Bonchev–Trinajstić information content (AvgIpc) is 2.52. The Morgan fingerprint density at radius 2 is 2.20 bits per heavy atom. The highest BCUT2D eigenvalue weighted by atomic mass is 79.9. The third-order valence-corrected chi connectivity index (χ3v) is 2.56. The van der Waals surface area contributed by atoms with Crippen LogP contribution in [0.1, 0.15) is 0 Å². The van der Waals surface area contributed by atoms with Gasteiger partial charge in [-0.25, -0.2) is 4.98 Å². The van der Waals surface area contributed by atoms with Crippen molar-refractivity contribution in [2.24, 2.45) is 0 Å². The molecule has 0 amide bonds. The van der Waals surface area contributed by atoms with E-state index in [0.717, 1.165) is 0 Å². The van der Waals surface area contributed by atoms with Crippen molar-refractivity contribution >= 4 is 38.6 Å². The van der Waals surface area contributed by atoms with Crippen LogP contribution in [-0.4, -0.2) is 16.6 Å². The third-order valence-electron chi connectivity index (χ3n) is 1.74. The van der Waals surface area contributed by atoms with Crippen molar-refractivity contribution in [3.63, 3.8) is 0 Å². The summed E-state index contributed by atoms with van der Waals surface area (Å²) in [5, 5.41) is 0.121. The highest BCUT2D eigenvalue weighted by Gasteiger charge is 2.13. The number of fused-ring (bicyclic) bond motifs is 1. The van der Waals surface area contributed by atoms with Crippen LogP contribution in [0.25, 0.3) is 11.0 Å². The van der Waals surface area contributed by atoms with Gasteiger partial charge >= 0.3 is 6.61 Å². The zero-order valence-corrected chi connectivity index (χ0v) is 9.44. The molecule has 0 spiro atoms. The fraction of sp³-hybridized carbons (Fsp3) is 0.125. The van der Waals surface area contributed by atoms with E-state index >= 15 is 0 Å². The summed E-state index contributed by atoms with van der Waals surface area (Å²) in [6.45, 7) is -2.88. The standard InChI is InChI=1S/C8H4BrClF2N2O/c9-3-1-2-4(15-8(11)12)6-5(3)13-7(10)14-6/h1-2,8H,(H,13,14). The topological polar surface area (TPSA) is 37.9 Å². The lowest BCUT2D eigenvalue weighted by Gasteiger charge is -2.05. The van der Waals surface area contributed by atoms with Crippen molar-refractivity contribution in [2.45, 2.75) is 6.61 Å². The number of nitrogens with zero attached hydrogens (tertiary/aromatic N) is 1. The predicted octanol–water partition coefficient (Wildman–Crippen LogP) is 3.58. The molecule has 7 heteroatoms. The molecule has 0 aliphatic heterocycles. The Morgan fingerprint density at radius 3 is 2.87 bits per heavy atom. The van der Waals surface area contributed by atoms with Gasteiger partial charge in [-0.05, 0) is 39.7 Å². The number of halogens is 4. The van der Waals surface area contributed by atoms with Crippen molar-refractivity contribution in [2.75, 3.05) is 0 Å². The summed E-state index contributed by atoms with van der Waals surface area (Å²) in [6, 6.07) is 2.98. The number of H-pyrrole nitrogens is 1. The molecular formula is C8H4BrClF2N2O. The molecule has 0 aliphatic rings. The maximum Gasteiger partial charge on any atom is 0.387 e. The first kappa shape index (κ1) is 10.6. The van der Waals surface area contributed by atoms with Crippen LogP contribution in [0.3, 0.4) is 0 Å². The molecule has 0 fully saturated rings. The molecule has 80 valence electrons. The number of aromatic nitrogens is 2. The van der Waals surface area contributed by atoms with Crippen molar-refractivity contribution < 1.29 is 13.5 Å². The van der Waals surface area contributed by atoms with Gasteiger partial charge in [0.1, 0.15) is 11.0 Å². The van der Waals surface area contributed by atoms with Gasteiger partial charge in [0.2, 0.25) is 5.28 Å². The van der Waals surface area contributed by atoms with Gasteiger partial charge in [0, 0.05) is 4.47 Å². The van der Waals surface area contributed by atoms with E-state index in [2.05, 4.69) is 30.6 Å². The van der Waals surface area contributed by atoms with E-state index in [4.69, 9.17) is 11.6 Å². The zero-order chi connectivity index (χ0) is 11.0. The average molecular weight is 297 g/mol. The molecule has 0 unspecified atom stereocenters. The van der Waals surface area contributed by atoms with E-state index in [0.29, 0.717) is 15.5 Å². The molecule has 0 radical (unpaired) electrons. The van der Waals surface area contributed by atoms with Crippen LogP contribution < -0.4 is 4.74 Å². The number of alkyl halides is 2. The van der Waals surface area contributed by atoms with Gasteiger partial charge in [-0.3, -0.25) is 0 Å². The van der Waals surface area contributed by atoms with Crippen LogP contribution in [-0.2, 0) is 0 Å². The normalized spacial score (nSPS) is 11.3. The number of hydrogen-bond donors (Lipinski definition) is 1. The SMILES string of the molecule is FC(F)Oc1ccc(Br)c2nc(Cl)[nH]c12. The van der Waals surface area contributed by atoms with Gasteiger partial charge in [-0.15, -0.1) is 0 Å². The Morgan fingerprint density at radius 1 is 1.47 bits per heavy atom. The fourth-order valence-corrected chi connectivity index (χ4v) is 1.80. The second kappa shape index (κ2) is 3.94. The number of ether oxygens (including phenoxy) is 1. The maximum absolute atomic E-state index is 12.1. The molecule has 0 saturated carbocycles. The third kappa shape index (κ3) is 2.05. The van der Waals surface area contributed by atoms with Crippen molar-refractivity contribution in [3.8, 4) is 5.75 Å². The highest BCUT2D eigenvalue weighted by Crippen LogP contribution is 2.31. The van der Waals surface area contributed by atoms with Crippen LogP contribution in [0, 0.1) is 0 Å². The smallest absolute Gasteiger partial charge is 0.387 e. The van der Waals surface area contributed by atoms with Gasteiger partial charge in [-0.2, -0.15) is 8.78 Å². The first-order valence-electron chi connectivity index (χ1n) is 3.86. The quantitative estimate of drug-likeness (QED) is 0.920. The number of benzene rings is 1. The van der Waals surface area contributed by atoms with Crippen molar-refractivity contribution in [3.05, 3.63) is 21.9 Å². The largest absolute Gasteiger partial charge is 0.433 e. The van der Waals surface area contributed by atoms with Gasteiger partial charge < -0.3 is 9.72 Å². The van der Waals surface area contributed by atoms with Crippen LogP contribution in [0.2, 0.25) is 5.28 Å². The summed E-state index contributed by atoms with van der Waals surface area (Å²) < 4.78 is 29.1. The fourth-order valence-electron chi connectivity index (χ4n) is 1.20. The predicted molar refractivity (Wildman–Crippen MR) is 55.4 cm³/mol. The van der Waals surface area contributed by atoms with Gasteiger partial charge in [0.15, 0.2) is 5.75 Å². The minimum Gasteiger partial charge on any atom is -0.433 e. The minimum absolute atomic E-state index is 0.0163. The van der Waals surface area contributed by atoms with Crippen LogP contribution in [0.4, 0.5) is 8.78 Å². The Labute approximate surface area is 96.5 Å². The number of rotatable bonds is 2. The summed E-state index contributed by atoms with van der Waals surface area (Å²) in [6.07, 6.45) is 0. The lowest BCUT2D eigenvalue weighted by Crippen LogP contribution is -2.02. The van der Waals surface area contributed by atoms with E-state index in [-0.39, 0.29) is 11.0 Å². The lowest BCUT2D eigenvalue weighted by molar-refractivity contribution is -0.0489. The molecule has 15 heavy (non-hydrogen) atoms. The summed E-state index contributed by atoms with van der Waals surface area (Å²) in [7, 11) is 0. The number of hydrogen-bond acceptors (Lipinski definition) is 2. The number of aromatic amines is 1. The maximum atomic E-state index is 12.1. The van der Waals surface area contributed by atoms with Crippen LogP contribution in [0.15, 0.2) is 16.6 Å². The van der Waals surface area contributed by atoms with Crippen LogP contribution in [0.5, 0.6) is 5.75 Å². The lowest BCUT2D eigenvalue weighted by atomic mass is 10.3. The van der Waals surface area contributed by atoms with E-state index in [9.17, 15) is 8.78 Å². The molecule has 1 N–H and O–H groups in total. The van der Waals surface area contributed by atoms with E-state index < -0.39 is 6.61 Å². The minimum atomic E-state index is -2.88. The van der Waals surface area contributed by atoms with Crippen molar-refractivity contribution in [1.29, 1.82) is 0 Å². The monoisotopic (exact) mass is 296 g/mol. The molecule has 0 aliphatic carbocycles. The second-order valence-corrected chi connectivity index (χ2v) is 3.89. The first-order valence-corrected chi connectivity index (χ1v) is 5.03. The highest BCUT2D eigenvalue weighted by molar-refractivity contribution is 9.10. The zero-order valence-electron chi connectivity index (χ0n) is 7.10. The molecule has 0 bridgehead atoms. The van der Waals surface area contributed by atoms with Gasteiger partial charge in [0.05, 0.1) is 0 Å². The summed E-state index contributed by atoms with van der Waals surface area (Å²) in [4.78, 5) is 6.56. The summed E-state index contributed by atoms with van der Waals surface area (Å²) in [5.74, 6) is 0.0163. The molecular weight excluding hydrogens is 293 g/mol. The molecule has 0 saturated heterocycles. The van der Waals surface area contributed by atoms with Gasteiger partial charge in [-0.1, -0.05) is 0 Å². The molecule has 1 aromatic heterocycles. The first-order chi connectivity index (χ1) is 7.08. The summed E-state index contributed by atoms with van der Waals surface area (Å²) in [5.41, 5.74) is 0.799. The molecule has 2 rings (SSSR count). The Bertz CT molecular complexity index is 503. The second-order valence-electron chi connectivity index (χ2n) is 2.68. The molecule has 1 heterocycles. The van der Waals surface area contributed by atoms with E-state index in [1.807, 2.05) is 0 Å². The molecule has 2 aromatic rings. The Balaban J connectivity index is 2.60. The number of imidazole rings is 1. The molecule has 0 atom stereocenters. The molecule has 3 nitrogen and oxygen atoms in total. The van der Waals surface area contributed by atoms with E-state index in [1.165, 1.54) is 6.07 Å². The van der Waals surface area contributed by atoms with Crippen LogP contribution >= 0.6 is 27.5 Å². The van der Waals surface area contributed by atoms with E-state index in [1.54, 1.807) is 6.07 Å². The van der Waals surface area contributed by atoms with Crippen molar-refractivity contribution in [1.82, 2.24) is 9.97 Å². The molecule has 1 aromatic carbocycles.